The third-order valence-electron chi connectivity index (χ3n) is 12.9. The highest BCUT2D eigenvalue weighted by molar-refractivity contribution is 6.39. The number of H-pyrrole nitrogens is 2. The molecule has 0 atom stereocenters. The molecule has 0 aliphatic carbocycles. The van der Waals surface area contributed by atoms with Crippen LogP contribution >= 0.6 is 23.2 Å². The van der Waals surface area contributed by atoms with Crippen molar-refractivity contribution in [3.05, 3.63) is 154 Å². The van der Waals surface area contributed by atoms with Gasteiger partial charge in [0.2, 0.25) is 0 Å². The molecule has 0 aliphatic rings. The Morgan fingerprint density at radius 3 is 0.984 bits per heavy atom. The molecule has 4 heteroatoms. The van der Waals surface area contributed by atoms with E-state index >= 15 is 0 Å². The fourth-order valence-corrected chi connectivity index (χ4v) is 9.63. The monoisotopic (exact) mass is 852 g/mol. The summed E-state index contributed by atoms with van der Waals surface area (Å²) in [6.07, 6.45) is 0. The predicted molar refractivity (Wildman–Crippen MR) is 272 cm³/mol. The van der Waals surface area contributed by atoms with Gasteiger partial charge in [-0.3, -0.25) is 0 Å². The van der Waals surface area contributed by atoms with Gasteiger partial charge < -0.3 is 9.97 Å². The normalized spacial score (nSPS) is 13.0. The highest BCUT2D eigenvalue weighted by Crippen LogP contribution is 2.51. The molecule has 0 amide bonds. The average molecular weight is 854 g/mol. The number of para-hydroxylation sites is 2. The zero-order chi connectivity index (χ0) is 44.3. The lowest BCUT2D eigenvalue weighted by atomic mass is 9.79. The first-order valence-electron chi connectivity index (χ1n) is 22.0. The molecule has 0 fully saturated rings. The van der Waals surface area contributed by atoms with Gasteiger partial charge in [-0.25, -0.2) is 0 Å². The van der Waals surface area contributed by atoms with Crippen LogP contribution in [0.5, 0.6) is 0 Å². The SMILES string of the molecule is CC(C)(C)c1cc(-c2ccc(-c3c4[nH]c5ccccc5c4c(-c4ccc(-c5cc(C(C)(C)C)cc(C(C)(C)C)c5)cc4Cl)c4[nH]c5ccccc5c34)c(Cl)c2)cc(C(C)(C)C)c1. The Kier molecular flexibility index (Phi) is 9.93. The van der Waals surface area contributed by atoms with E-state index in [9.17, 15) is 0 Å². The van der Waals surface area contributed by atoms with Crippen LogP contribution in [0.3, 0.4) is 0 Å². The van der Waals surface area contributed by atoms with Gasteiger partial charge in [-0.2, -0.15) is 0 Å². The van der Waals surface area contributed by atoms with Crippen molar-refractivity contribution >= 4 is 66.8 Å². The Bertz CT molecular complexity index is 2950. The second-order valence-electron chi connectivity index (χ2n) is 21.6. The third-order valence-corrected chi connectivity index (χ3v) is 13.5. The van der Waals surface area contributed by atoms with Gasteiger partial charge in [0.05, 0.1) is 11.0 Å². The Morgan fingerprint density at radius 1 is 0.355 bits per heavy atom. The first kappa shape index (κ1) is 42.0. The van der Waals surface area contributed by atoms with Crippen molar-refractivity contribution < 1.29 is 0 Å². The Labute approximate surface area is 377 Å². The zero-order valence-corrected chi connectivity index (χ0v) is 39.8. The molecular weight excluding hydrogens is 796 g/mol. The van der Waals surface area contributed by atoms with Crippen LogP contribution < -0.4 is 0 Å². The highest BCUT2D eigenvalue weighted by Gasteiger charge is 2.28. The number of benzene rings is 7. The number of hydrogen-bond acceptors (Lipinski definition) is 0. The molecule has 0 saturated carbocycles. The maximum absolute atomic E-state index is 7.58. The number of rotatable bonds is 4. The van der Waals surface area contributed by atoms with E-state index in [1.165, 1.54) is 33.4 Å². The minimum absolute atomic E-state index is 0.00000559. The van der Waals surface area contributed by atoms with E-state index in [2.05, 4.69) is 214 Å². The third kappa shape index (κ3) is 7.34. The van der Waals surface area contributed by atoms with Gasteiger partial charge in [0.25, 0.3) is 0 Å². The van der Waals surface area contributed by atoms with Crippen molar-refractivity contribution in [1.82, 2.24) is 9.97 Å². The standard InChI is InChI=1S/C58H58Cl2N2/c1-55(2,3)37-25-35(26-38(31-37)56(4,5)6)33-21-23-41(45(59)29-33)49-51-43-17-13-15-19-47(43)62-54(51)50(52-44-18-14-16-20-48(44)61-53(49)52)42-24-22-34(30-46(42)60)36-27-39(57(7,8)9)32-40(28-36)58(10,11)12/h13-32,61-62H,1-12H3. The van der Waals surface area contributed by atoms with Crippen LogP contribution in [0, 0.1) is 0 Å². The minimum atomic E-state index is 0.00000559. The summed E-state index contributed by atoms with van der Waals surface area (Å²) in [6.45, 7) is 27.4. The Morgan fingerprint density at radius 2 is 0.677 bits per heavy atom. The van der Waals surface area contributed by atoms with Gasteiger partial charge in [-0.05, 0) is 90.4 Å². The maximum Gasteiger partial charge on any atom is 0.0559 e. The number of aromatic amines is 2. The lowest BCUT2D eigenvalue weighted by Gasteiger charge is -2.26. The molecule has 2 aromatic heterocycles. The minimum Gasteiger partial charge on any atom is -0.354 e. The number of aromatic nitrogens is 2. The predicted octanol–water partition coefficient (Wildman–Crippen LogP) is 18.1. The summed E-state index contributed by atoms with van der Waals surface area (Å²) >= 11 is 15.2. The number of hydrogen-bond donors (Lipinski definition) is 2. The van der Waals surface area contributed by atoms with Gasteiger partial charge in [-0.15, -0.1) is 0 Å². The molecule has 0 unspecified atom stereocenters. The molecule has 0 aliphatic heterocycles. The molecule has 314 valence electrons. The number of fused-ring (bicyclic) bond motifs is 6. The van der Waals surface area contributed by atoms with Crippen molar-refractivity contribution in [2.24, 2.45) is 0 Å². The molecular formula is C58H58Cl2N2. The second kappa shape index (κ2) is 14.6. The summed E-state index contributed by atoms with van der Waals surface area (Å²) in [6, 6.07) is 44.5. The van der Waals surface area contributed by atoms with E-state index in [-0.39, 0.29) is 21.7 Å². The van der Waals surface area contributed by atoms with Crippen LogP contribution in [-0.4, -0.2) is 9.97 Å². The van der Waals surface area contributed by atoms with Crippen LogP contribution in [0.15, 0.2) is 121 Å². The lowest BCUT2D eigenvalue weighted by Crippen LogP contribution is -2.16. The summed E-state index contributed by atoms with van der Waals surface area (Å²) in [4.78, 5) is 7.81. The molecule has 7 aromatic carbocycles. The van der Waals surface area contributed by atoms with Crippen molar-refractivity contribution in [1.29, 1.82) is 0 Å². The van der Waals surface area contributed by atoms with Crippen LogP contribution in [-0.2, 0) is 21.7 Å². The summed E-state index contributed by atoms with van der Waals surface area (Å²) in [5, 5.41) is 5.90. The fraction of sp³-hybridized carbons (Fsp3) is 0.276. The van der Waals surface area contributed by atoms with Gasteiger partial charge >= 0.3 is 0 Å². The molecule has 9 aromatic rings. The largest absolute Gasteiger partial charge is 0.354 e. The van der Waals surface area contributed by atoms with Gasteiger partial charge in [-0.1, -0.05) is 203 Å². The van der Waals surface area contributed by atoms with Crippen molar-refractivity contribution in [2.75, 3.05) is 0 Å². The Balaban J connectivity index is 1.30. The lowest BCUT2D eigenvalue weighted by molar-refractivity contribution is 0.568. The summed E-state index contributed by atoms with van der Waals surface area (Å²) in [5.41, 5.74) is 18.1. The summed E-state index contributed by atoms with van der Waals surface area (Å²) < 4.78 is 0. The summed E-state index contributed by atoms with van der Waals surface area (Å²) in [7, 11) is 0. The van der Waals surface area contributed by atoms with E-state index < -0.39 is 0 Å². The van der Waals surface area contributed by atoms with Crippen LogP contribution in [0.4, 0.5) is 0 Å². The molecule has 0 radical (unpaired) electrons. The van der Waals surface area contributed by atoms with E-state index in [1.807, 2.05) is 0 Å². The molecule has 2 heterocycles. The smallest absolute Gasteiger partial charge is 0.0559 e. The highest BCUT2D eigenvalue weighted by atomic mass is 35.5. The molecule has 62 heavy (non-hydrogen) atoms. The van der Waals surface area contributed by atoms with Crippen LogP contribution in [0.2, 0.25) is 10.0 Å². The first-order valence-corrected chi connectivity index (χ1v) is 22.7. The number of halogens is 2. The fourth-order valence-electron chi connectivity index (χ4n) is 9.08. The zero-order valence-electron chi connectivity index (χ0n) is 38.3. The molecule has 2 N–H and O–H groups in total. The first-order chi connectivity index (χ1) is 29.1. The van der Waals surface area contributed by atoms with E-state index in [4.69, 9.17) is 23.2 Å². The van der Waals surface area contributed by atoms with Crippen molar-refractivity contribution in [2.45, 2.75) is 105 Å². The van der Waals surface area contributed by atoms with Gasteiger partial charge in [0.1, 0.15) is 0 Å². The quantitative estimate of drug-likeness (QED) is 0.177. The van der Waals surface area contributed by atoms with E-state index in [1.54, 1.807) is 0 Å². The molecule has 9 rings (SSSR count). The molecule has 2 nitrogen and oxygen atoms in total. The Hall–Kier alpha value is -5.28. The van der Waals surface area contributed by atoms with Crippen LogP contribution in [0.1, 0.15) is 105 Å². The van der Waals surface area contributed by atoms with E-state index in [0.717, 1.165) is 77.0 Å². The van der Waals surface area contributed by atoms with Crippen LogP contribution in [0.25, 0.3) is 88.1 Å². The second-order valence-corrected chi connectivity index (χ2v) is 22.4. The number of nitrogens with one attached hydrogen (secondary N) is 2. The topological polar surface area (TPSA) is 31.6 Å². The van der Waals surface area contributed by atoms with E-state index in [0.29, 0.717) is 10.0 Å². The molecule has 0 saturated heterocycles. The maximum atomic E-state index is 7.58. The van der Waals surface area contributed by atoms with Crippen molar-refractivity contribution in [3.63, 3.8) is 0 Å². The summed E-state index contributed by atoms with van der Waals surface area (Å²) in [5.74, 6) is 0. The average Bonchev–Trinajstić information content (AvgIpc) is 3.78. The van der Waals surface area contributed by atoms with Gasteiger partial charge in [0.15, 0.2) is 0 Å². The molecule has 0 spiro atoms. The van der Waals surface area contributed by atoms with Gasteiger partial charge in [0, 0.05) is 64.9 Å². The molecule has 0 bridgehead atoms. The van der Waals surface area contributed by atoms with Crippen molar-refractivity contribution in [3.8, 4) is 44.5 Å².